The summed E-state index contributed by atoms with van der Waals surface area (Å²) in [6, 6.07) is 2.44. The number of hydrogen-bond acceptors (Lipinski definition) is 2. The highest BCUT2D eigenvalue weighted by atomic mass is 15.2. The summed E-state index contributed by atoms with van der Waals surface area (Å²) >= 11 is 0. The maximum Gasteiger partial charge on any atom is 0.00979 e. The molecule has 1 saturated heterocycles. The van der Waals surface area contributed by atoms with Crippen molar-refractivity contribution in [3.63, 3.8) is 0 Å². The monoisotopic (exact) mass is 238 g/mol. The van der Waals surface area contributed by atoms with Crippen LogP contribution in [0, 0.1) is 0 Å². The zero-order valence-electron chi connectivity index (χ0n) is 11.8. The van der Waals surface area contributed by atoms with Gasteiger partial charge in [0, 0.05) is 18.1 Å². The summed E-state index contributed by atoms with van der Waals surface area (Å²) in [4.78, 5) is 2.77. The van der Waals surface area contributed by atoms with E-state index in [9.17, 15) is 0 Å². The maximum absolute atomic E-state index is 3.69. The molecule has 2 nitrogen and oxygen atoms in total. The van der Waals surface area contributed by atoms with E-state index in [1.165, 1.54) is 64.5 Å². The summed E-state index contributed by atoms with van der Waals surface area (Å²) in [5.41, 5.74) is 0. The van der Waals surface area contributed by atoms with E-state index < -0.39 is 0 Å². The zero-order valence-corrected chi connectivity index (χ0v) is 11.8. The predicted molar refractivity (Wildman–Crippen MR) is 74.4 cm³/mol. The molecule has 1 aliphatic heterocycles. The third-order valence-electron chi connectivity index (χ3n) is 4.76. The van der Waals surface area contributed by atoms with Crippen molar-refractivity contribution in [2.45, 2.75) is 83.3 Å². The maximum atomic E-state index is 3.69. The van der Waals surface area contributed by atoms with Crippen molar-refractivity contribution in [1.82, 2.24) is 10.2 Å². The Kier molecular flexibility index (Phi) is 5.30. The van der Waals surface area contributed by atoms with Gasteiger partial charge in [-0.15, -0.1) is 0 Å². The van der Waals surface area contributed by atoms with Gasteiger partial charge in [0.05, 0.1) is 0 Å². The molecule has 2 aliphatic rings. The van der Waals surface area contributed by atoms with Crippen molar-refractivity contribution in [2.24, 2.45) is 0 Å². The van der Waals surface area contributed by atoms with Crippen molar-refractivity contribution < 1.29 is 0 Å². The minimum atomic E-state index is 0.763. The molecule has 2 heteroatoms. The molecule has 2 fully saturated rings. The molecule has 0 aromatic rings. The largest absolute Gasteiger partial charge is 0.314 e. The van der Waals surface area contributed by atoms with Crippen LogP contribution < -0.4 is 5.32 Å². The smallest absolute Gasteiger partial charge is 0.00979 e. The van der Waals surface area contributed by atoms with Gasteiger partial charge < -0.3 is 5.32 Å². The van der Waals surface area contributed by atoms with Gasteiger partial charge >= 0.3 is 0 Å². The Labute approximate surface area is 107 Å². The third kappa shape index (κ3) is 3.69. The van der Waals surface area contributed by atoms with Gasteiger partial charge in [-0.05, 0) is 52.1 Å². The average molecular weight is 238 g/mol. The van der Waals surface area contributed by atoms with Gasteiger partial charge in [-0.2, -0.15) is 0 Å². The first-order chi connectivity index (χ1) is 8.31. The van der Waals surface area contributed by atoms with E-state index in [0.717, 1.165) is 18.1 Å². The number of nitrogens with one attached hydrogen (secondary N) is 1. The molecule has 17 heavy (non-hydrogen) atoms. The first-order valence-corrected chi connectivity index (χ1v) is 7.80. The first-order valence-electron chi connectivity index (χ1n) is 7.80. The van der Waals surface area contributed by atoms with Crippen molar-refractivity contribution in [3.05, 3.63) is 0 Å². The Morgan fingerprint density at radius 3 is 2.41 bits per heavy atom. The molecule has 0 aromatic carbocycles. The van der Waals surface area contributed by atoms with Crippen LogP contribution in [0.5, 0.6) is 0 Å². The Hall–Kier alpha value is -0.0800. The highest BCUT2D eigenvalue weighted by Gasteiger charge is 2.27. The molecule has 0 aromatic heterocycles. The SMILES string of the molecule is CCN(C(C)CC1CCCCN1)C1CCCC1. The third-order valence-corrected chi connectivity index (χ3v) is 4.76. The number of nitrogens with zero attached hydrogens (tertiary/aromatic N) is 1. The van der Waals surface area contributed by atoms with E-state index >= 15 is 0 Å². The molecule has 0 spiro atoms. The molecule has 0 bridgehead atoms. The van der Waals surface area contributed by atoms with E-state index in [0.29, 0.717) is 0 Å². The quantitative estimate of drug-likeness (QED) is 0.791. The van der Waals surface area contributed by atoms with Crippen LogP contribution in [0.4, 0.5) is 0 Å². The molecule has 100 valence electrons. The van der Waals surface area contributed by atoms with Gasteiger partial charge in [0.25, 0.3) is 0 Å². The van der Waals surface area contributed by atoms with Crippen LogP contribution >= 0.6 is 0 Å². The highest BCUT2D eigenvalue weighted by Crippen LogP contribution is 2.26. The zero-order chi connectivity index (χ0) is 12.1. The summed E-state index contributed by atoms with van der Waals surface area (Å²) in [6.07, 6.45) is 11.3. The van der Waals surface area contributed by atoms with Crippen LogP contribution in [-0.2, 0) is 0 Å². The molecule has 0 radical (unpaired) electrons. The van der Waals surface area contributed by atoms with Crippen LogP contribution in [0.15, 0.2) is 0 Å². The Bertz CT molecular complexity index is 205. The second kappa shape index (κ2) is 6.75. The van der Waals surface area contributed by atoms with E-state index in [1.54, 1.807) is 0 Å². The van der Waals surface area contributed by atoms with Crippen LogP contribution in [0.2, 0.25) is 0 Å². The molecular weight excluding hydrogens is 208 g/mol. The lowest BCUT2D eigenvalue weighted by Gasteiger charge is -2.36. The molecule has 1 N–H and O–H groups in total. The Morgan fingerprint density at radius 2 is 1.82 bits per heavy atom. The van der Waals surface area contributed by atoms with Gasteiger partial charge in [-0.1, -0.05) is 26.2 Å². The molecule has 0 amide bonds. The van der Waals surface area contributed by atoms with Gasteiger partial charge in [-0.25, -0.2) is 0 Å². The lowest BCUT2D eigenvalue weighted by molar-refractivity contribution is 0.133. The Balaban J connectivity index is 1.80. The standard InChI is InChI=1S/C15H30N2/c1-3-17(15-9-4-5-10-15)13(2)12-14-8-6-7-11-16-14/h13-16H,3-12H2,1-2H3. The fraction of sp³-hybridized carbons (Fsp3) is 1.00. The lowest BCUT2D eigenvalue weighted by Crippen LogP contribution is -2.45. The van der Waals surface area contributed by atoms with Gasteiger partial charge in [0.15, 0.2) is 0 Å². The van der Waals surface area contributed by atoms with E-state index in [-0.39, 0.29) is 0 Å². The minimum absolute atomic E-state index is 0.763. The molecular formula is C15H30N2. The van der Waals surface area contributed by atoms with Gasteiger partial charge in [0.1, 0.15) is 0 Å². The van der Waals surface area contributed by atoms with Crippen molar-refractivity contribution in [3.8, 4) is 0 Å². The van der Waals surface area contributed by atoms with E-state index in [4.69, 9.17) is 0 Å². The summed E-state index contributed by atoms with van der Waals surface area (Å²) in [7, 11) is 0. The van der Waals surface area contributed by atoms with Crippen LogP contribution in [-0.4, -0.2) is 36.1 Å². The fourth-order valence-corrected chi connectivity index (χ4v) is 3.84. The fourth-order valence-electron chi connectivity index (χ4n) is 3.84. The molecule has 2 atom stereocenters. The minimum Gasteiger partial charge on any atom is -0.314 e. The topological polar surface area (TPSA) is 15.3 Å². The van der Waals surface area contributed by atoms with E-state index in [2.05, 4.69) is 24.1 Å². The molecule has 2 rings (SSSR count). The van der Waals surface area contributed by atoms with E-state index in [1.807, 2.05) is 0 Å². The predicted octanol–water partition coefficient (Wildman–Crippen LogP) is 3.17. The lowest BCUT2D eigenvalue weighted by atomic mass is 9.97. The van der Waals surface area contributed by atoms with Crippen molar-refractivity contribution >= 4 is 0 Å². The summed E-state index contributed by atoms with van der Waals surface area (Å²) < 4.78 is 0. The van der Waals surface area contributed by atoms with Crippen molar-refractivity contribution in [1.29, 1.82) is 0 Å². The summed E-state index contributed by atoms with van der Waals surface area (Å²) in [5.74, 6) is 0. The van der Waals surface area contributed by atoms with Gasteiger partial charge in [-0.3, -0.25) is 4.90 Å². The highest BCUT2D eigenvalue weighted by molar-refractivity contribution is 4.84. The Morgan fingerprint density at radius 1 is 1.12 bits per heavy atom. The molecule has 2 unspecified atom stereocenters. The summed E-state index contributed by atoms with van der Waals surface area (Å²) in [6.45, 7) is 7.26. The number of piperidine rings is 1. The first kappa shape index (κ1) is 13.4. The van der Waals surface area contributed by atoms with Gasteiger partial charge in [0.2, 0.25) is 0 Å². The molecule has 1 heterocycles. The normalized spacial score (nSPS) is 28.8. The van der Waals surface area contributed by atoms with Crippen LogP contribution in [0.25, 0.3) is 0 Å². The average Bonchev–Trinajstić information content (AvgIpc) is 2.85. The second-order valence-corrected chi connectivity index (χ2v) is 6.00. The number of hydrogen-bond donors (Lipinski definition) is 1. The molecule has 1 aliphatic carbocycles. The molecule has 1 saturated carbocycles. The second-order valence-electron chi connectivity index (χ2n) is 6.00. The van der Waals surface area contributed by atoms with Crippen LogP contribution in [0.1, 0.15) is 65.2 Å². The van der Waals surface area contributed by atoms with Crippen molar-refractivity contribution in [2.75, 3.05) is 13.1 Å². The number of rotatable bonds is 5. The summed E-state index contributed by atoms with van der Waals surface area (Å²) in [5, 5.41) is 3.69. The van der Waals surface area contributed by atoms with Crippen LogP contribution in [0.3, 0.4) is 0 Å².